The largest absolute Gasteiger partial charge is 0.435 e. The Bertz CT molecular complexity index is 820. The van der Waals surface area contributed by atoms with Crippen LogP contribution in [-0.2, 0) is 17.6 Å². The Morgan fingerprint density at radius 3 is 2.65 bits per heavy atom. The Balaban J connectivity index is 1.53. The summed E-state index contributed by atoms with van der Waals surface area (Å²) in [7, 11) is 0. The van der Waals surface area contributed by atoms with Gasteiger partial charge < -0.3 is 10.1 Å². The highest BCUT2D eigenvalue weighted by molar-refractivity contribution is 6.00. The molecule has 3 rings (SSSR count). The summed E-state index contributed by atoms with van der Waals surface area (Å²) in [5, 5.41) is 2.59. The maximum Gasteiger partial charge on any atom is 0.387 e. The molecule has 0 atom stereocenters. The summed E-state index contributed by atoms with van der Waals surface area (Å²) >= 11 is 0. The number of hydrogen-bond acceptors (Lipinski definition) is 3. The Hall–Kier alpha value is -2.76. The van der Waals surface area contributed by atoms with Crippen LogP contribution in [0, 0.1) is 0 Å². The first-order valence-electron chi connectivity index (χ1n) is 8.51. The smallest absolute Gasteiger partial charge is 0.387 e. The van der Waals surface area contributed by atoms with Gasteiger partial charge in [-0.1, -0.05) is 18.2 Å². The number of carbonyl (C=O) groups excluding carboxylic acids is 2. The van der Waals surface area contributed by atoms with Crippen LogP contribution >= 0.6 is 0 Å². The van der Waals surface area contributed by atoms with Crippen molar-refractivity contribution in [2.24, 2.45) is 0 Å². The van der Waals surface area contributed by atoms with Crippen molar-refractivity contribution >= 4 is 17.4 Å². The summed E-state index contributed by atoms with van der Waals surface area (Å²) in [5.41, 5.74) is 3.49. The van der Waals surface area contributed by atoms with Gasteiger partial charge >= 0.3 is 6.61 Å². The third kappa shape index (κ3) is 4.65. The minimum atomic E-state index is -2.93. The van der Waals surface area contributed by atoms with Crippen molar-refractivity contribution in [3.05, 3.63) is 59.2 Å². The van der Waals surface area contributed by atoms with Gasteiger partial charge in [-0.25, -0.2) is 0 Å². The number of hydrogen-bond donors (Lipinski definition) is 1. The van der Waals surface area contributed by atoms with Crippen LogP contribution in [0.3, 0.4) is 0 Å². The van der Waals surface area contributed by atoms with E-state index in [9.17, 15) is 18.4 Å². The van der Waals surface area contributed by atoms with Crippen LogP contribution < -0.4 is 10.1 Å². The number of Topliss-reactive ketones (excluding diaryl/α,β-unsaturated/α-hetero) is 1. The Kier molecular flexibility index (Phi) is 5.61. The zero-order chi connectivity index (χ0) is 18.5. The zero-order valence-corrected chi connectivity index (χ0v) is 14.1. The number of anilines is 1. The van der Waals surface area contributed by atoms with Crippen molar-refractivity contribution in [1.29, 1.82) is 0 Å². The van der Waals surface area contributed by atoms with Crippen molar-refractivity contribution in [2.45, 2.75) is 38.7 Å². The van der Waals surface area contributed by atoms with Crippen LogP contribution in [0.5, 0.6) is 5.75 Å². The van der Waals surface area contributed by atoms with Gasteiger partial charge in [-0.05, 0) is 48.6 Å². The van der Waals surface area contributed by atoms with Gasteiger partial charge in [-0.3, -0.25) is 9.59 Å². The molecule has 0 fully saturated rings. The molecular formula is C20H19F2NO3. The Morgan fingerprint density at radius 1 is 1.04 bits per heavy atom. The molecule has 136 valence electrons. The van der Waals surface area contributed by atoms with Gasteiger partial charge in [0.2, 0.25) is 5.91 Å². The molecule has 0 saturated carbocycles. The number of nitrogens with one attached hydrogen (secondary N) is 1. The summed E-state index contributed by atoms with van der Waals surface area (Å²) in [6.45, 7) is -2.93. The summed E-state index contributed by atoms with van der Waals surface area (Å²) in [4.78, 5) is 24.3. The van der Waals surface area contributed by atoms with Gasteiger partial charge in [0, 0.05) is 30.2 Å². The lowest BCUT2D eigenvalue weighted by Gasteiger charge is -2.08. The first-order valence-corrected chi connectivity index (χ1v) is 8.51. The molecule has 0 radical (unpaired) electrons. The molecular weight excluding hydrogens is 340 g/mol. The van der Waals surface area contributed by atoms with Crippen LogP contribution in [0.2, 0.25) is 0 Å². The number of ether oxygens (including phenoxy) is 1. The fourth-order valence-corrected chi connectivity index (χ4v) is 3.09. The van der Waals surface area contributed by atoms with E-state index in [1.165, 1.54) is 29.3 Å². The van der Waals surface area contributed by atoms with Crippen molar-refractivity contribution in [3.8, 4) is 5.75 Å². The molecule has 1 N–H and O–H groups in total. The lowest BCUT2D eigenvalue weighted by Crippen LogP contribution is -2.14. The second-order valence-electron chi connectivity index (χ2n) is 6.21. The monoisotopic (exact) mass is 359 g/mol. The molecule has 0 unspecified atom stereocenters. The number of ketones is 1. The molecule has 1 amide bonds. The molecule has 0 aliphatic heterocycles. The van der Waals surface area contributed by atoms with E-state index in [0.717, 1.165) is 19.3 Å². The molecule has 4 nitrogen and oxygen atoms in total. The first-order chi connectivity index (χ1) is 12.5. The van der Waals surface area contributed by atoms with E-state index in [-0.39, 0.29) is 30.3 Å². The molecule has 6 heteroatoms. The van der Waals surface area contributed by atoms with E-state index in [1.54, 1.807) is 6.07 Å². The molecule has 26 heavy (non-hydrogen) atoms. The minimum absolute atomic E-state index is 0.0237. The number of fused-ring (bicyclic) bond motifs is 1. The fraction of sp³-hybridized carbons (Fsp3) is 0.300. The highest BCUT2D eigenvalue weighted by Gasteiger charge is 2.15. The highest BCUT2D eigenvalue weighted by atomic mass is 19.3. The van der Waals surface area contributed by atoms with Crippen molar-refractivity contribution in [2.75, 3.05) is 5.32 Å². The standard InChI is InChI=1S/C20H19F2NO3/c21-20(22)26-17-6-2-5-16(12-17)23-19(25)10-9-18(24)15-8-7-13-3-1-4-14(13)11-15/h2,5-8,11-12,20H,1,3-4,9-10H2,(H,23,25). The number of alkyl halides is 2. The number of benzene rings is 2. The van der Waals surface area contributed by atoms with Crippen LogP contribution in [0.4, 0.5) is 14.5 Å². The molecule has 0 heterocycles. The van der Waals surface area contributed by atoms with E-state index >= 15 is 0 Å². The minimum Gasteiger partial charge on any atom is -0.435 e. The van der Waals surface area contributed by atoms with Gasteiger partial charge in [-0.15, -0.1) is 0 Å². The summed E-state index contributed by atoms with van der Waals surface area (Å²) < 4.78 is 28.7. The third-order valence-electron chi connectivity index (χ3n) is 4.34. The molecule has 0 saturated heterocycles. The number of rotatable bonds is 7. The number of amides is 1. The maximum absolute atomic E-state index is 12.3. The van der Waals surface area contributed by atoms with Crippen molar-refractivity contribution in [3.63, 3.8) is 0 Å². The fourth-order valence-electron chi connectivity index (χ4n) is 3.09. The average molecular weight is 359 g/mol. The first kappa shape index (κ1) is 18.0. The van der Waals surface area contributed by atoms with Crippen LogP contribution in [0.15, 0.2) is 42.5 Å². The topological polar surface area (TPSA) is 55.4 Å². The normalized spacial score (nSPS) is 12.7. The predicted octanol–water partition coefficient (Wildman–Crippen LogP) is 4.38. The van der Waals surface area contributed by atoms with E-state index in [4.69, 9.17) is 0 Å². The Labute approximate surface area is 150 Å². The lowest BCUT2D eigenvalue weighted by atomic mass is 10.0. The van der Waals surface area contributed by atoms with E-state index in [2.05, 4.69) is 10.1 Å². The average Bonchev–Trinajstić information content (AvgIpc) is 3.07. The van der Waals surface area contributed by atoms with E-state index < -0.39 is 6.61 Å². The number of aryl methyl sites for hydroxylation is 2. The molecule has 0 aromatic heterocycles. The van der Waals surface area contributed by atoms with Gasteiger partial charge in [0.25, 0.3) is 0 Å². The SMILES string of the molecule is O=C(CCC(=O)c1ccc2c(c1)CCC2)Nc1cccc(OC(F)F)c1. The van der Waals surface area contributed by atoms with Crippen molar-refractivity contribution < 1.29 is 23.1 Å². The highest BCUT2D eigenvalue weighted by Crippen LogP contribution is 2.24. The zero-order valence-electron chi connectivity index (χ0n) is 14.1. The van der Waals surface area contributed by atoms with Crippen molar-refractivity contribution in [1.82, 2.24) is 0 Å². The second-order valence-corrected chi connectivity index (χ2v) is 6.21. The van der Waals surface area contributed by atoms with Gasteiger partial charge in [0.05, 0.1) is 0 Å². The summed E-state index contributed by atoms with van der Waals surface area (Å²) in [5.74, 6) is -0.467. The third-order valence-corrected chi connectivity index (χ3v) is 4.34. The van der Waals surface area contributed by atoms with E-state index in [1.807, 2.05) is 18.2 Å². The predicted molar refractivity (Wildman–Crippen MR) is 93.7 cm³/mol. The van der Waals surface area contributed by atoms with Crippen LogP contribution in [0.25, 0.3) is 0 Å². The number of carbonyl (C=O) groups is 2. The molecule has 0 spiro atoms. The molecule has 2 aromatic rings. The second kappa shape index (κ2) is 8.08. The molecule has 1 aliphatic carbocycles. The van der Waals surface area contributed by atoms with Gasteiger partial charge in [0.1, 0.15) is 5.75 Å². The van der Waals surface area contributed by atoms with Crippen LogP contribution in [0.1, 0.15) is 40.7 Å². The van der Waals surface area contributed by atoms with Gasteiger partial charge in [-0.2, -0.15) is 8.78 Å². The maximum atomic E-state index is 12.3. The van der Waals surface area contributed by atoms with E-state index in [0.29, 0.717) is 11.3 Å². The molecule has 2 aromatic carbocycles. The molecule has 0 bridgehead atoms. The Morgan fingerprint density at radius 2 is 1.85 bits per heavy atom. The summed E-state index contributed by atoms with van der Waals surface area (Å²) in [6.07, 6.45) is 3.28. The molecule has 1 aliphatic rings. The number of halogens is 2. The van der Waals surface area contributed by atoms with Gasteiger partial charge in [0.15, 0.2) is 5.78 Å². The van der Waals surface area contributed by atoms with Crippen LogP contribution in [-0.4, -0.2) is 18.3 Å². The summed E-state index contributed by atoms with van der Waals surface area (Å²) in [6, 6.07) is 11.5. The lowest BCUT2D eigenvalue weighted by molar-refractivity contribution is -0.116. The quantitative estimate of drug-likeness (QED) is 0.747.